The van der Waals surface area contributed by atoms with E-state index in [2.05, 4.69) is 16.0 Å². The lowest BCUT2D eigenvalue weighted by Gasteiger charge is -2.14. The molecule has 86 valence electrons. The maximum Gasteiger partial charge on any atom is 0.315 e. The second-order valence-corrected chi connectivity index (χ2v) is 5.59. The minimum Gasteiger partial charge on any atom is -0.337 e. The third-order valence-electron chi connectivity index (χ3n) is 2.91. The Morgan fingerprint density at radius 2 is 2.40 bits per heavy atom. The highest BCUT2D eigenvalue weighted by molar-refractivity contribution is 8.00. The number of hydrogen-bond donors (Lipinski definition) is 3. The van der Waals surface area contributed by atoms with Crippen molar-refractivity contribution < 1.29 is 4.79 Å². The van der Waals surface area contributed by atoms with Gasteiger partial charge in [-0.1, -0.05) is 0 Å². The second kappa shape index (κ2) is 5.61. The van der Waals surface area contributed by atoms with Gasteiger partial charge in [0, 0.05) is 24.4 Å². The average Bonchev–Trinajstić information content (AvgIpc) is 2.86. The van der Waals surface area contributed by atoms with Crippen molar-refractivity contribution in [2.75, 3.05) is 25.4 Å². The number of urea groups is 1. The van der Waals surface area contributed by atoms with E-state index in [0.717, 1.165) is 26.1 Å². The van der Waals surface area contributed by atoms with E-state index >= 15 is 0 Å². The van der Waals surface area contributed by atoms with Gasteiger partial charge in [-0.15, -0.1) is 0 Å². The van der Waals surface area contributed by atoms with Crippen LogP contribution in [0.4, 0.5) is 4.79 Å². The predicted molar refractivity (Wildman–Crippen MR) is 63.3 cm³/mol. The number of amides is 2. The third-order valence-corrected chi connectivity index (χ3v) is 4.31. The highest BCUT2D eigenvalue weighted by Crippen LogP contribution is 2.25. The number of nitrogens with one attached hydrogen (secondary N) is 3. The lowest BCUT2D eigenvalue weighted by Crippen LogP contribution is -2.44. The van der Waals surface area contributed by atoms with Crippen LogP contribution in [-0.4, -0.2) is 42.7 Å². The van der Waals surface area contributed by atoms with E-state index in [-0.39, 0.29) is 6.03 Å². The highest BCUT2D eigenvalue weighted by atomic mass is 32.2. The molecule has 3 N–H and O–H groups in total. The Hall–Kier alpha value is -0.420. The van der Waals surface area contributed by atoms with Crippen LogP contribution in [0.15, 0.2) is 0 Å². The van der Waals surface area contributed by atoms with E-state index < -0.39 is 0 Å². The summed E-state index contributed by atoms with van der Waals surface area (Å²) in [4.78, 5) is 11.5. The largest absolute Gasteiger partial charge is 0.337 e. The molecule has 2 saturated heterocycles. The SMILES string of the molecule is O=C(NCC1CCCS1)NC1CCNC1. The Bertz CT molecular complexity index is 213. The smallest absolute Gasteiger partial charge is 0.315 e. The molecule has 0 aromatic heterocycles. The van der Waals surface area contributed by atoms with E-state index in [4.69, 9.17) is 0 Å². The summed E-state index contributed by atoms with van der Waals surface area (Å²) in [6.07, 6.45) is 3.59. The Balaban J connectivity index is 1.59. The molecule has 4 nitrogen and oxygen atoms in total. The molecule has 0 saturated carbocycles. The monoisotopic (exact) mass is 229 g/mol. The van der Waals surface area contributed by atoms with Gasteiger partial charge in [0.25, 0.3) is 0 Å². The van der Waals surface area contributed by atoms with Gasteiger partial charge in [-0.3, -0.25) is 0 Å². The molecule has 15 heavy (non-hydrogen) atoms. The van der Waals surface area contributed by atoms with E-state index in [0.29, 0.717) is 11.3 Å². The topological polar surface area (TPSA) is 53.2 Å². The molecule has 2 rings (SSSR count). The maximum atomic E-state index is 11.5. The van der Waals surface area contributed by atoms with Gasteiger partial charge in [-0.05, 0) is 31.6 Å². The molecule has 0 aromatic rings. The molecule has 0 bridgehead atoms. The summed E-state index contributed by atoms with van der Waals surface area (Å²) in [5, 5.41) is 9.80. The molecule has 2 amide bonds. The molecule has 2 atom stereocenters. The van der Waals surface area contributed by atoms with Crippen LogP contribution >= 0.6 is 11.8 Å². The molecule has 2 heterocycles. The van der Waals surface area contributed by atoms with Crippen LogP contribution in [-0.2, 0) is 0 Å². The Morgan fingerprint density at radius 1 is 1.47 bits per heavy atom. The third kappa shape index (κ3) is 3.57. The summed E-state index contributed by atoms with van der Waals surface area (Å²) in [6.45, 7) is 2.74. The number of rotatable bonds is 3. The van der Waals surface area contributed by atoms with Gasteiger partial charge in [0.15, 0.2) is 0 Å². The van der Waals surface area contributed by atoms with Gasteiger partial charge in [0.1, 0.15) is 0 Å². The zero-order valence-electron chi connectivity index (χ0n) is 8.92. The first kappa shape index (κ1) is 11.1. The van der Waals surface area contributed by atoms with Crippen molar-refractivity contribution >= 4 is 17.8 Å². The summed E-state index contributed by atoms with van der Waals surface area (Å²) < 4.78 is 0. The van der Waals surface area contributed by atoms with Crippen molar-refractivity contribution in [1.29, 1.82) is 0 Å². The zero-order chi connectivity index (χ0) is 10.5. The summed E-state index contributed by atoms with van der Waals surface area (Å²) in [7, 11) is 0. The molecule has 0 radical (unpaired) electrons. The van der Waals surface area contributed by atoms with Crippen molar-refractivity contribution in [3.05, 3.63) is 0 Å². The molecule has 0 spiro atoms. The van der Waals surface area contributed by atoms with Gasteiger partial charge in [0.05, 0.1) is 0 Å². The van der Waals surface area contributed by atoms with Crippen molar-refractivity contribution in [1.82, 2.24) is 16.0 Å². The fourth-order valence-electron chi connectivity index (χ4n) is 2.03. The van der Waals surface area contributed by atoms with Gasteiger partial charge in [0.2, 0.25) is 0 Å². The molecule has 0 aromatic carbocycles. The van der Waals surface area contributed by atoms with E-state index in [1.165, 1.54) is 18.6 Å². The first-order valence-corrected chi connectivity index (χ1v) is 6.76. The van der Waals surface area contributed by atoms with Crippen molar-refractivity contribution in [2.45, 2.75) is 30.6 Å². The molecular formula is C10H19N3OS. The van der Waals surface area contributed by atoms with Crippen LogP contribution in [0.25, 0.3) is 0 Å². The minimum atomic E-state index is -0.00352. The maximum absolute atomic E-state index is 11.5. The summed E-state index contributed by atoms with van der Waals surface area (Å²) in [5.41, 5.74) is 0. The fourth-order valence-corrected chi connectivity index (χ4v) is 3.23. The number of thioether (sulfide) groups is 1. The first-order chi connectivity index (χ1) is 7.34. The second-order valence-electron chi connectivity index (χ2n) is 4.18. The molecule has 2 fully saturated rings. The van der Waals surface area contributed by atoms with Crippen LogP contribution < -0.4 is 16.0 Å². The zero-order valence-corrected chi connectivity index (χ0v) is 9.74. The number of hydrogen-bond acceptors (Lipinski definition) is 3. The highest BCUT2D eigenvalue weighted by Gasteiger charge is 2.19. The van der Waals surface area contributed by atoms with Crippen LogP contribution in [0, 0.1) is 0 Å². The van der Waals surface area contributed by atoms with Crippen LogP contribution in [0.5, 0.6) is 0 Å². The summed E-state index contributed by atoms with van der Waals surface area (Å²) in [5.74, 6) is 1.25. The van der Waals surface area contributed by atoms with Gasteiger partial charge < -0.3 is 16.0 Å². The molecule has 2 aliphatic heterocycles. The lowest BCUT2D eigenvalue weighted by atomic mass is 10.2. The lowest BCUT2D eigenvalue weighted by molar-refractivity contribution is 0.237. The average molecular weight is 229 g/mol. The van der Waals surface area contributed by atoms with Crippen LogP contribution in [0.1, 0.15) is 19.3 Å². The van der Waals surface area contributed by atoms with Crippen LogP contribution in [0.2, 0.25) is 0 Å². The van der Waals surface area contributed by atoms with E-state index in [9.17, 15) is 4.79 Å². The number of carbonyl (C=O) groups is 1. The van der Waals surface area contributed by atoms with Gasteiger partial charge in [-0.2, -0.15) is 11.8 Å². The summed E-state index contributed by atoms with van der Waals surface area (Å²) in [6, 6.07) is 0.317. The van der Waals surface area contributed by atoms with Crippen molar-refractivity contribution in [3.8, 4) is 0 Å². The fraction of sp³-hybridized carbons (Fsp3) is 0.900. The Labute approximate surface area is 94.9 Å². The molecule has 2 unspecified atom stereocenters. The summed E-state index contributed by atoms with van der Waals surface area (Å²) >= 11 is 1.97. The molecule has 5 heteroatoms. The van der Waals surface area contributed by atoms with Crippen molar-refractivity contribution in [2.24, 2.45) is 0 Å². The minimum absolute atomic E-state index is 0.00352. The van der Waals surface area contributed by atoms with Crippen LogP contribution in [0.3, 0.4) is 0 Å². The Morgan fingerprint density at radius 3 is 3.07 bits per heavy atom. The van der Waals surface area contributed by atoms with Gasteiger partial charge >= 0.3 is 6.03 Å². The molecule has 0 aliphatic carbocycles. The first-order valence-electron chi connectivity index (χ1n) is 5.71. The van der Waals surface area contributed by atoms with Crippen molar-refractivity contribution in [3.63, 3.8) is 0 Å². The predicted octanol–water partition coefficient (Wildman–Crippen LogP) is 0.543. The van der Waals surface area contributed by atoms with E-state index in [1.54, 1.807) is 0 Å². The Kier molecular flexibility index (Phi) is 4.14. The molecule has 2 aliphatic rings. The number of carbonyl (C=O) groups excluding carboxylic acids is 1. The van der Waals surface area contributed by atoms with E-state index in [1.807, 2.05) is 11.8 Å². The quantitative estimate of drug-likeness (QED) is 0.662. The van der Waals surface area contributed by atoms with Gasteiger partial charge in [-0.25, -0.2) is 4.79 Å². The standard InChI is InChI=1S/C10H19N3OS/c14-10(13-8-3-4-11-6-8)12-7-9-2-1-5-15-9/h8-9,11H,1-7H2,(H2,12,13,14). The normalized spacial score (nSPS) is 30.4. The molecular weight excluding hydrogens is 210 g/mol.